The van der Waals surface area contributed by atoms with E-state index in [-0.39, 0.29) is 16.8 Å². The van der Waals surface area contributed by atoms with Crippen LogP contribution in [0.25, 0.3) is 0 Å². The van der Waals surface area contributed by atoms with E-state index in [4.69, 9.17) is 0 Å². The number of hydrogen-bond donors (Lipinski definition) is 1. The van der Waals surface area contributed by atoms with Crippen LogP contribution in [-0.2, 0) is 9.84 Å². The minimum Gasteiger partial charge on any atom is -0.378 e. The Morgan fingerprint density at radius 1 is 1.10 bits per heavy atom. The molecule has 0 aromatic heterocycles. The molecule has 0 saturated heterocycles. The van der Waals surface area contributed by atoms with Gasteiger partial charge in [-0.25, -0.2) is 12.8 Å². The van der Waals surface area contributed by atoms with E-state index in [1.165, 1.54) is 18.4 Å². The molecule has 3 nitrogen and oxygen atoms in total. The fourth-order valence-corrected chi connectivity index (χ4v) is 2.70. The normalized spacial score (nSPS) is 13.0. The van der Waals surface area contributed by atoms with Crippen LogP contribution < -0.4 is 5.32 Å². The van der Waals surface area contributed by atoms with Gasteiger partial charge in [0.15, 0.2) is 9.84 Å². The molecule has 0 radical (unpaired) electrons. The zero-order chi connectivity index (χ0) is 15.6. The van der Waals surface area contributed by atoms with Crippen LogP contribution in [0, 0.1) is 12.7 Å². The molecule has 112 valence electrons. The predicted molar refractivity (Wildman–Crippen MR) is 82.7 cm³/mol. The van der Waals surface area contributed by atoms with E-state index >= 15 is 0 Å². The zero-order valence-electron chi connectivity index (χ0n) is 12.2. The first-order valence-corrected chi connectivity index (χ1v) is 8.49. The van der Waals surface area contributed by atoms with Gasteiger partial charge in [0.05, 0.1) is 4.90 Å². The predicted octanol–water partition coefficient (Wildman–Crippen LogP) is 3.71. The molecule has 0 bridgehead atoms. The lowest BCUT2D eigenvalue weighted by atomic mass is 10.1. The molecule has 2 aromatic rings. The van der Waals surface area contributed by atoms with Gasteiger partial charge < -0.3 is 5.32 Å². The first-order chi connectivity index (χ1) is 9.77. The van der Waals surface area contributed by atoms with Gasteiger partial charge in [-0.05, 0) is 49.2 Å². The van der Waals surface area contributed by atoms with Crippen LogP contribution in [0.5, 0.6) is 0 Å². The zero-order valence-corrected chi connectivity index (χ0v) is 13.0. The van der Waals surface area contributed by atoms with Crippen LogP contribution in [-0.4, -0.2) is 14.7 Å². The van der Waals surface area contributed by atoms with E-state index in [0.717, 1.165) is 16.8 Å². The standard InChI is InChI=1S/C16H18FNO2S/c1-11-4-9-15(21(3,19)20)10-16(11)18-12(2)13-5-7-14(17)8-6-13/h4-10,12,18H,1-3H3. The van der Waals surface area contributed by atoms with Crippen LogP contribution in [0.2, 0.25) is 0 Å². The SMILES string of the molecule is Cc1ccc(S(C)(=O)=O)cc1NC(C)c1ccc(F)cc1. The summed E-state index contributed by atoms with van der Waals surface area (Å²) in [6.07, 6.45) is 1.19. The van der Waals surface area contributed by atoms with E-state index in [1.54, 1.807) is 30.3 Å². The van der Waals surface area contributed by atoms with Crippen molar-refractivity contribution in [2.24, 2.45) is 0 Å². The largest absolute Gasteiger partial charge is 0.378 e. The summed E-state index contributed by atoms with van der Waals surface area (Å²) in [5.74, 6) is -0.277. The second-order valence-corrected chi connectivity index (χ2v) is 7.18. The van der Waals surface area contributed by atoms with Crippen molar-refractivity contribution in [3.63, 3.8) is 0 Å². The van der Waals surface area contributed by atoms with Crippen molar-refractivity contribution in [3.05, 3.63) is 59.4 Å². The number of benzene rings is 2. The maximum absolute atomic E-state index is 12.9. The monoisotopic (exact) mass is 307 g/mol. The molecule has 2 rings (SSSR count). The van der Waals surface area contributed by atoms with Gasteiger partial charge in [0, 0.05) is 18.0 Å². The van der Waals surface area contributed by atoms with Gasteiger partial charge in [0.25, 0.3) is 0 Å². The maximum Gasteiger partial charge on any atom is 0.175 e. The molecule has 0 fully saturated rings. The molecule has 1 N–H and O–H groups in total. The van der Waals surface area contributed by atoms with Gasteiger partial charge in [0.1, 0.15) is 5.82 Å². The summed E-state index contributed by atoms with van der Waals surface area (Å²) in [5, 5.41) is 3.27. The van der Waals surface area contributed by atoms with Crippen LogP contribution in [0.3, 0.4) is 0 Å². The molecule has 0 spiro atoms. The number of halogens is 1. The molecule has 1 atom stereocenters. The van der Waals surface area contributed by atoms with Crippen molar-refractivity contribution in [1.82, 2.24) is 0 Å². The van der Waals surface area contributed by atoms with Crippen LogP contribution in [0.4, 0.5) is 10.1 Å². The third kappa shape index (κ3) is 3.82. The molecule has 5 heteroatoms. The number of nitrogens with one attached hydrogen (secondary N) is 1. The van der Waals surface area contributed by atoms with Gasteiger partial charge in [-0.3, -0.25) is 0 Å². The highest BCUT2D eigenvalue weighted by atomic mass is 32.2. The van der Waals surface area contributed by atoms with Crippen molar-refractivity contribution in [2.45, 2.75) is 24.8 Å². The number of aryl methyl sites for hydroxylation is 1. The lowest BCUT2D eigenvalue weighted by Gasteiger charge is -2.18. The molecule has 0 aliphatic carbocycles. The molecule has 0 aliphatic rings. The fraction of sp³-hybridized carbons (Fsp3) is 0.250. The first-order valence-electron chi connectivity index (χ1n) is 6.60. The molecule has 0 heterocycles. The summed E-state index contributed by atoms with van der Waals surface area (Å²) in [6.45, 7) is 3.85. The molecule has 21 heavy (non-hydrogen) atoms. The molecule has 1 unspecified atom stereocenters. The number of rotatable bonds is 4. The Morgan fingerprint density at radius 2 is 1.71 bits per heavy atom. The Hall–Kier alpha value is -1.88. The number of anilines is 1. The van der Waals surface area contributed by atoms with E-state index in [0.29, 0.717) is 0 Å². The van der Waals surface area contributed by atoms with E-state index in [2.05, 4.69) is 5.32 Å². The molecule has 0 amide bonds. The average molecular weight is 307 g/mol. The third-order valence-electron chi connectivity index (χ3n) is 3.38. The van der Waals surface area contributed by atoms with Gasteiger partial charge in [-0.15, -0.1) is 0 Å². The summed E-state index contributed by atoms with van der Waals surface area (Å²) in [5.41, 5.74) is 2.65. The Bertz CT molecular complexity index is 739. The second kappa shape index (κ2) is 5.85. The summed E-state index contributed by atoms with van der Waals surface area (Å²) >= 11 is 0. The highest BCUT2D eigenvalue weighted by Gasteiger charge is 2.12. The fourth-order valence-electron chi connectivity index (χ4n) is 2.06. The molecular weight excluding hydrogens is 289 g/mol. The topological polar surface area (TPSA) is 46.2 Å². The Kier molecular flexibility index (Phi) is 4.32. The van der Waals surface area contributed by atoms with E-state index < -0.39 is 9.84 Å². The van der Waals surface area contributed by atoms with Crippen molar-refractivity contribution >= 4 is 15.5 Å². The quantitative estimate of drug-likeness (QED) is 0.936. The summed E-state index contributed by atoms with van der Waals surface area (Å²) in [7, 11) is -3.24. The van der Waals surface area contributed by atoms with Gasteiger partial charge >= 0.3 is 0 Å². The van der Waals surface area contributed by atoms with Gasteiger partial charge in [-0.1, -0.05) is 18.2 Å². The first kappa shape index (κ1) is 15.5. The minimum absolute atomic E-state index is 0.0564. The summed E-state index contributed by atoms with van der Waals surface area (Å²) in [6, 6.07) is 11.2. The third-order valence-corrected chi connectivity index (χ3v) is 4.49. The highest BCUT2D eigenvalue weighted by molar-refractivity contribution is 7.90. The van der Waals surface area contributed by atoms with Crippen molar-refractivity contribution < 1.29 is 12.8 Å². The summed E-state index contributed by atoms with van der Waals surface area (Å²) in [4.78, 5) is 0.280. The van der Waals surface area contributed by atoms with E-state index in [9.17, 15) is 12.8 Å². The maximum atomic E-state index is 12.9. The Balaban J connectivity index is 2.28. The number of sulfone groups is 1. The molecular formula is C16H18FNO2S. The Morgan fingerprint density at radius 3 is 2.29 bits per heavy atom. The molecule has 0 aliphatic heterocycles. The molecule has 0 saturated carbocycles. The van der Waals surface area contributed by atoms with Crippen molar-refractivity contribution in [2.75, 3.05) is 11.6 Å². The Labute approximate surface area is 124 Å². The minimum atomic E-state index is -3.24. The second-order valence-electron chi connectivity index (χ2n) is 5.17. The van der Waals surface area contributed by atoms with Gasteiger partial charge in [-0.2, -0.15) is 0 Å². The number of hydrogen-bond acceptors (Lipinski definition) is 3. The average Bonchev–Trinajstić information content (AvgIpc) is 2.40. The summed E-state index contributed by atoms with van der Waals surface area (Å²) < 4.78 is 36.2. The van der Waals surface area contributed by atoms with Crippen LogP contribution >= 0.6 is 0 Å². The van der Waals surface area contributed by atoms with Crippen molar-refractivity contribution in [1.29, 1.82) is 0 Å². The highest BCUT2D eigenvalue weighted by Crippen LogP contribution is 2.25. The van der Waals surface area contributed by atoms with Crippen LogP contribution in [0.1, 0.15) is 24.1 Å². The van der Waals surface area contributed by atoms with E-state index in [1.807, 2.05) is 13.8 Å². The lowest BCUT2D eigenvalue weighted by molar-refractivity contribution is 0.602. The van der Waals surface area contributed by atoms with Crippen LogP contribution in [0.15, 0.2) is 47.4 Å². The van der Waals surface area contributed by atoms with Crippen molar-refractivity contribution in [3.8, 4) is 0 Å². The molecule has 2 aromatic carbocycles. The van der Waals surface area contributed by atoms with Gasteiger partial charge in [0.2, 0.25) is 0 Å². The smallest absolute Gasteiger partial charge is 0.175 e. The lowest BCUT2D eigenvalue weighted by Crippen LogP contribution is -2.09.